The number of hydrogen-bond acceptors (Lipinski definition) is 7. The number of aryl methyl sites for hydroxylation is 1. The zero-order chi connectivity index (χ0) is 16.3. The van der Waals surface area contributed by atoms with Gasteiger partial charge >= 0.3 is 0 Å². The van der Waals surface area contributed by atoms with Crippen molar-refractivity contribution in [1.29, 1.82) is 0 Å². The Morgan fingerprint density at radius 1 is 1.38 bits per heavy atom. The Hall–Kier alpha value is -2.22. The highest BCUT2D eigenvalue weighted by molar-refractivity contribution is 5.91. The van der Waals surface area contributed by atoms with Crippen LogP contribution in [0, 0.1) is 12.8 Å². The van der Waals surface area contributed by atoms with Gasteiger partial charge in [-0.25, -0.2) is 0 Å². The highest BCUT2D eigenvalue weighted by Crippen LogP contribution is 2.46. The lowest BCUT2D eigenvalue weighted by atomic mass is 9.81. The van der Waals surface area contributed by atoms with E-state index in [-0.39, 0.29) is 17.6 Å². The van der Waals surface area contributed by atoms with Crippen LogP contribution in [0.25, 0.3) is 0 Å². The smallest absolute Gasteiger partial charge is 0.292 e. The molecule has 0 spiro atoms. The Morgan fingerprint density at radius 2 is 2.25 bits per heavy atom. The minimum Gasteiger partial charge on any atom is -0.424 e. The van der Waals surface area contributed by atoms with Crippen molar-refractivity contribution in [3.63, 3.8) is 0 Å². The van der Waals surface area contributed by atoms with Gasteiger partial charge in [0.05, 0.1) is 24.3 Å². The molecule has 2 aromatic heterocycles. The van der Waals surface area contributed by atoms with Gasteiger partial charge in [-0.3, -0.25) is 4.79 Å². The topological polar surface area (TPSA) is 94.5 Å². The van der Waals surface area contributed by atoms with Crippen LogP contribution in [0.5, 0.6) is 0 Å². The molecule has 0 bridgehead atoms. The molecule has 3 fully saturated rings. The average molecular weight is 330 g/mol. The summed E-state index contributed by atoms with van der Waals surface area (Å²) in [6.07, 6.45) is 2.23. The minimum absolute atomic E-state index is 0.147. The second kappa shape index (κ2) is 4.89. The monoisotopic (exact) mass is 330 g/mol. The second-order valence-electron chi connectivity index (χ2n) is 7.11. The molecule has 126 valence electrons. The van der Waals surface area contributed by atoms with Crippen molar-refractivity contribution in [1.82, 2.24) is 20.3 Å². The molecule has 3 aliphatic rings. The molecule has 1 aliphatic carbocycles. The zero-order valence-corrected chi connectivity index (χ0v) is 13.4. The Balaban J connectivity index is 1.43. The fourth-order valence-corrected chi connectivity index (χ4v) is 3.74. The van der Waals surface area contributed by atoms with Gasteiger partial charge in [0, 0.05) is 31.0 Å². The molecular weight excluding hydrogens is 312 g/mol. The molecule has 0 N–H and O–H groups in total. The van der Waals surface area contributed by atoms with E-state index in [9.17, 15) is 4.79 Å². The number of nitrogens with zero attached hydrogens (tertiary/aromatic N) is 4. The van der Waals surface area contributed by atoms with Gasteiger partial charge in [-0.2, -0.15) is 0 Å². The second-order valence-corrected chi connectivity index (χ2v) is 7.11. The van der Waals surface area contributed by atoms with E-state index in [1.807, 2.05) is 0 Å². The predicted octanol–water partition coefficient (Wildman–Crippen LogP) is 1.28. The van der Waals surface area contributed by atoms with Crippen molar-refractivity contribution >= 4 is 5.91 Å². The quantitative estimate of drug-likeness (QED) is 0.836. The Bertz CT molecular complexity index is 796. The highest BCUT2D eigenvalue weighted by Gasteiger charge is 2.57. The van der Waals surface area contributed by atoms with Crippen molar-refractivity contribution in [2.45, 2.75) is 31.1 Å². The summed E-state index contributed by atoms with van der Waals surface area (Å²) >= 11 is 0. The molecule has 2 saturated heterocycles. The summed E-state index contributed by atoms with van der Waals surface area (Å²) in [4.78, 5) is 14.5. The summed E-state index contributed by atoms with van der Waals surface area (Å²) in [5, 5.41) is 12.3. The lowest BCUT2D eigenvalue weighted by Crippen LogP contribution is -2.37. The van der Waals surface area contributed by atoms with E-state index in [1.165, 1.54) is 0 Å². The molecule has 2 aliphatic heterocycles. The first-order valence-corrected chi connectivity index (χ1v) is 8.30. The summed E-state index contributed by atoms with van der Waals surface area (Å²) < 4.78 is 16.8. The van der Waals surface area contributed by atoms with Crippen LogP contribution in [0.1, 0.15) is 46.8 Å². The third-order valence-electron chi connectivity index (χ3n) is 5.29. The number of amides is 1. The third-order valence-corrected chi connectivity index (χ3v) is 5.29. The van der Waals surface area contributed by atoms with Gasteiger partial charge in [-0.15, -0.1) is 10.2 Å². The van der Waals surface area contributed by atoms with Crippen LogP contribution in [0.15, 0.2) is 15.0 Å². The predicted molar refractivity (Wildman–Crippen MR) is 79.4 cm³/mol. The first-order valence-electron chi connectivity index (χ1n) is 8.30. The van der Waals surface area contributed by atoms with E-state index >= 15 is 0 Å². The molecule has 1 amide bonds. The normalized spacial score (nSPS) is 29.2. The lowest BCUT2D eigenvalue weighted by molar-refractivity contribution is 0.0698. The van der Waals surface area contributed by atoms with Crippen LogP contribution in [0.4, 0.5) is 0 Å². The molecular formula is C16H18N4O4. The number of ether oxygens (including phenoxy) is 1. The number of hydrogen-bond donors (Lipinski definition) is 0. The number of aromatic nitrogens is 3. The van der Waals surface area contributed by atoms with Crippen molar-refractivity contribution in [2.75, 3.05) is 26.3 Å². The van der Waals surface area contributed by atoms with E-state index in [4.69, 9.17) is 13.7 Å². The number of likely N-dealkylation sites (tertiary alicyclic amines) is 1. The van der Waals surface area contributed by atoms with Gasteiger partial charge in [0.2, 0.25) is 17.5 Å². The molecule has 1 saturated carbocycles. The maximum atomic E-state index is 12.7. The SMILES string of the molecule is Cc1cc(C(=O)N2C[C@H]3COC[C@@]3(c3nnc(C4CC4)o3)C2)on1. The van der Waals surface area contributed by atoms with E-state index in [0.717, 1.165) is 18.7 Å². The minimum atomic E-state index is -0.398. The summed E-state index contributed by atoms with van der Waals surface area (Å²) in [5.41, 5.74) is 0.298. The van der Waals surface area contributed by atoms with E-state index in [2.05, 4.69) is 15.4 Å². The van der Waals surface area contributed by atoms with Crippen molar-refractivity contribution in [3.05, 3.63) is 29.3 Å². The first kappa shape index (κ1) is 14.2. The van der Waals surface area contributed by atoms with Gasteiger partial charge in [0.25, 0.3) is 5.91 Å². The number of rotatable bonds is 3. The Labute approximate surface area is 138 Å². The average Bonchev–Trinajstić information content (AvgIpc) is 2.97. The Morgan fingerprint density at radius 3 is 3.00 bits per heavy atom. The summed E-state index contributed by atoms with van der Waals surface area (Å²) in [6, 6.07) is 1.66. The number of carbonyl (C=O) groups excluding carboxylic acids is 1. The van der Waals surface area contributed by atoms with Crippen LogP contribution >= 0.6 is 0 Å². The van der Waals surface area contributed by atoms with Crippen LogP contribution in [-0.2, 0) is 10.2 Å². The maximum absolute atomic E-state index is 12.7. The van der Waals surface area contributed by atoms with E-state index in [0.29, 0.717) is 43.8 Å². The highest BCUT2D eigenvalue weighted by atomic mass is 16.5. The van der Waals surface area contributed by atoms with Gasteiger partial charge in [-0.05, 0) is 19.8 Å². The fraction of sp³-hybridized carbons (Fsp3) is 0.625. The van der Waals surface area contributed by atoms with Gasteiger partial charge < -0.3 is 18.6 Å². The molecule has 4 heterocycles. The van der Waals surface area contributed by atoms with Crippen molar-refractivity contribution < 1.29 is 18.5 Å². The molecule has 5 rings (SSSR count). The van der Waals surface area contributed by atoms with Gasteiger partial charge in [0.1, 0.15) is 0 Å². The molecule has 2 atom stereocenters. The largest absolute Gasteiger partial charge is 0.424 e. The molecule has 24 heavy (non-hydrogen) atoms. The molecule has 0 unspecified atom stereocenters. The van der Waals surface area contributed by atoms with Crippen LogP contribution in [0.2, 0.25) is 0 Å². The van der Waals surface area contributed by atoms with Crippen LogP contribution in [-0.4, -0.2) is 52.5 Å². The standard InChI is InChI=1S/C16H18N4O4/c1-9-4-12(24-19-9)14(21)20-5-11-6-22-8-16(11,7-20)15-18-17-13(23-15)10-2-3-10/h4,10-11H,2-3,5-8H2,1H3/t11-,16-/m0/s1. The van der Waals surface area contributed by atoms with E-state index in [1.54, 1.807) is 17.9 Å². The van der Waals surface area contributed by atoms with Crippen LogP contribution < -0.4 is 0 Å². The Kier molecular flexibility index (Phi) is 2.88. The molecule has 0 radical (unpaired) electrons. The number of carbonyl (C=O) groups is 1. The molecule has 0 aromatic carbocycles. The van der Waals surface area contributed by atoms with E-state index < -0.39 is 5.41 Å². The van der Waals surface area contributed by atoms with Crippen LogP contribution in [0.3, 0.4) is 0 Å². The summed E-state index contributed by atoms with van der Waals surface area (Å²) in [5.74, 6) is 2.04. The molecule has 8 nitrogen and oxygen atoms in total. The third kappa shape index (κ3) is 2.02. The maximum Gasteiger partial charge on any atom is 0.292 e. The lowest BCUT2D eigenvalue weighted by Gasteiger charge is -2.22. The molecule has 2 aromatic rings. The zero-order valence-electron chi connectivity index (χ0n) is 13.4. The van der Waals surface area contributed by atoms with Crippen molar-refractivity contribution in [3.8, 4) is 0 Å². The summed E-state index contributed by atoms with van der Waals surface area (Å²) in [6.45, 7) is 4.00. The van der Waals surface area contributed by atoms with Crippen molar-refractivity contribution in [2.24, 2.45) is 5.92 Å². The first-order chi connectivity index (χ1) is 11.7. The molecule has 8 heteroatoms. The van der Waals surface area contributed by atoms with Gasteiger partial charge in [-0.1, -0.05) is 5.16 Å². The van der Waals surface area contributed by atoms with Gasteiger partial charge in [0.15, 0.2) is 0 Å². The number of fused-ring (bicyclic) bond motifs is 1. The summed E-state index contributed by atoms with van der Waals surface area (Å²) in [7, 11) is 0. The fourth-order valence-electron chi connectivity index (χ4n) is 3.74.